The van der Waals surface area contributed by atoms with Crippen LogP contribution in [-0.4, -0.2) is 42.3 Å². The molecule has 132 valence electrons. The molecule has 1 aliphatic heterocycles. The molecule has 1 heterocycles. The predicted octanol–water partition coefficient (Wildman–Crippen LogP) is -1.08. The maximum atomic E-state index is 12.8. The summed E-state index contributed by atoms with van der Waals surface area (Å²) >= 11 is 5.86. The van der Waals surface area contributed by atoms with Gasteiger partial charge in [0.05, 0.1) is 0 Å². The average Bonchev–Trinajstić information content (AvgIpc) is 2.72. The van der Waals surface area contributed by atoms with Gasteiger partial charge < -0.3 is 14.7 Å². The van der Waals surface area contributed by atoms with E-state index in [1.165, 1.54) is 7.85 Å². The Kier molecular flexibility index (Phi) is 5.26. The lowest BCUT2D eigenvalue weighted by Gasteiger charge is -2.25. The summed E-state index contributed by atoms with van der Waals surface area (Å²) < 4.78 is 34.5. The van der Waals surface area contributed by atoms with E-state index in [0.29, 0.717) is 23.4 Å². The SMILES string of the molecule is BC1(c2ccc(Cl)cc2)OC(N)=C(OS(=O)(=O)C(B)(B)CCC)C1=O. The molecule has 11 heteroatoms. The summed E-state index contributed by atoms with van der Waals surface area (Å²) in [5, 5.41) is 0.499. The normalized spacial score (nSPS) is 21.3. The Balaban J connectivity index is 2.34. The van der Waals surface area contributed by atoms with Crippen molar-refractivity contribution in [3.8, 4) is 0 Å². The number of hydrogen-bond acceptors (Lipinski definition) is 6. The molecule has 1 unspecified atom stereocenters. The number of benzene rings is 1. The summed E-state index contributed by atoms with van der Waals surface area (Å²) in [6.07, 6.45) is 1.03. The van der Waals surface area contributed by atoms with Gasteiger partial charge in [-0.15, -0.1) is 0 Å². The monoisotopic (exact) mass is 381 g/mol. The Hall–Kier alpha value is -1.54. The van der Waals surface area contributed by atoms with Gasteiger partial charge in [-0.2, -0.15) is 8.42 Å². The van der Waals surface area contributed by atoms with Gasteiger partial charge >= 0.3 is 0 Å². The first kappa shape index (κ1) is 19.8. The van der Waals surface area contributed by atoms with Gasteiger partial charge in [0.2, 0.25) is 17.4 Å². The highest BCUT2D eigenvalue weighted by Gasteiger charge is 2.50. The molecule has 1 aromatic rings. The van der Waals surface area contributed by atoms with Crippen LogP contribution in [0.5, 0.6) is 0 Å². The van der Waals surface area contributed by atoms with E-state index in [9.17, 15) is 13.2 Å². The third-order valence-corrected chi connectivity index (χ3v) is 6.49. The molecule has 0 aromatic heterocycles. The Labute approximate surface area is 155 Å². The number of ketones is 1. The van der Waals surface area contributed by atoms with Crippen LogP contribution in [0.1, 0.15) is 25.3 Å². The summed E-state index contributed by atoms with van der Waals surface area (Å²) in [7, 11) is 0.521. The van der Waals surface area contributed by atoms with Gasteiger partial charge in [0.15, 0.2) is 13.3 Å². The van der Waals surface area contributed by atoms with Gasteiger partial charge in [0.1, 0.15) is 15.7 Å². The molecule has 0 amide bonds. The second-order valence-electron chi connectivity index (χ2n) is 6.71. The molecule has 0 aliphatic carbocycles. The lowest BCUT2D eigenvalue weighted by Crippen LogP contribution is -2.42. The summed E-state index contributed by atoms with van der Waals surface area (Å²) in [5.41, 5.74) is 4.79. The molecular weight excluding hydrogens is 362 g/mol. The van der Waals surface area contributed by atoms with Crippen LogP contribution in [0.2, 0.25) is 5.02 Å². The molecule has 1 atom stereocenters. The molecule has 0 fully saturated rings. The first-order valence-corrected chi connectivity index (χ1v) is 9.67. The molecule has 0 bridgehead atoms. The van der Waals surface area contributed by atoms with Crippen LogP contribution in [0, 0.1) is 0 Å². The van der Waals surface area contributed by atoms with Crippen LogP contribution in [0.4, 0.5) is 0 Å². The number of rotatable bonds is 6. The van der Waals surface area contributed by atoms with Crippen LogP contribution >= 0.6 is 11.6 Å². The van der Waals surface area contributed by atoms with Crippen molar-refractivity contribution >= 4 is 51.0 Å². The van der Waals surface area contributed by atoms with Crippen LogP contribution < -0.4 is 5.73 Å². The van der Waals surface area contributed by atoms with E-state index in [4.69, 9.17) is 26.3 Å². The molecular formula is C14H19B3ClNO5S. The van der Waals surface area contributed by atoms with Crippen LogP contribution in [0.15, 0.2) is 35.9 Å². The quantitative estimate of drug-likeness (QED) is 0.498. The number of nitrogens with two attached hydrogens (primary N) is 1. The number of carbonyl (C=O) groups is 1. The third-order valence-electron chi connectivity index (χ3n) is 4.29. The van der Waals surface area contributed by atoms with Crippen molar-refractivity contribution in [1.29, 1.82) is 0 Å². The highest BCUT2D eigenvalue weighted by atomic mass is 35.5. The Bertz CT molecular complexity index is 825. The number of Topliss-reactive ketones (excluding diaryl/α,β-unsaturated/α-hetero) is 1. The highest BCUT2D eigenvalue weighted by molar-refractivity contribution is 7.91. The van der Waals surface area contributed by atoms with E-state index >= 15 is 0 Å². The van der Waals surface area contributed by atoms with Crippen molar-refractivity contribution in [2.45, 2.75) is 29.8 Å². The minimum Gasteiger partial charge on any atom is -0.467 e. The van der Waals surface area contributed by atoms with E-state index in [-0.39, 0.29) is 5.88 Å². The van der Waals surface area contributed by atoms with Gasteiger partial charge in [0.25, 0.3) is 10.1 Å². The van der Waals surface area contributed by atoms with Crippen molar-refractivity contribution in [3.63, 3.8) is 0 Å². The fourth-order valence-electron chi connectivity index (χ4n) is 2.63. The molecule has 2 N–H and O–H groups in total. The maximum Gasteiger partial charge on any atom is 0.300 e. The first-order valence-electron chi connectivity index (χ1n) is 7.88. The topological polar surface area (TPSA) is 95.7 Å². The highest BCUT2D eigenvalue weighted by Crippen LogP contribution is 2.37. The first-order chi connectivity index (χ1) is 11.4. The second kappa shape index (κ2) is 6.65. The van der Waals surface area contributed by atoms with Crippen LogP contribution in [-0.2, 0) is 29.3 Å². The lowest BCUT2D eigenvalue weighted by atomic mass is 9.67. The van der Waals surface area contributed by atoms with Crippen molar-refractivity contribution in [3.05, 3.63) is 46.5 Å². The van der Waals surface area contributed by atoms with Crippen LogP contribution in [0.3, 0.4) is 0 Å². The standard InChI is InChI=1S/C14H19B3ClNO5S/c1-2-7-13(15,16)25(21,22)24-10-11(20)14(17,23-12(10)19)8-3-5-9(18)6-4-8/h3-6H,2,7,15-17,19H2,1H3. The molecule has 0 spiro atoms. The zero-order valence-electron chi connectivity index (χ0n) is 14.6. The fraction of sp³-hybridized carbons (Fsp3) is 0.357. The van der Waals surface area contributed by atoms with Gasteiger partial charge in [-0.05, 0) is 24.1 Å². The van der Waals surface area contributed by atoms with E-state index in [0.717, 1.165) is 0 Å². The molecule has 0 saturated carbocycles. The molecule has 1 aromatic carbocycles. The zero-order valence-corrected chi connectivity index (χ0v) is 16.2. The van der Waals surface area contributed by atoms with Gasteiger partial charge in [-0.1, -0.05) is 37.1 Å². The van der Waals surface area contributed by atoms with Crippen molar-refractivity contribution in [1.82, 2.24) is 0 Å². The summed E-state index contributed by atoms with van der Waals surface area (Å²) in [5.74, 6) is -1.48. The number of halogens is 1. The van der Waals surface area contributed by atoms with Gasteiger partial charge in [-0.3, -0.25) is 4.79 Å². The largest absolute Gasteiger partial charge is 0.467 e. The number of carbonyl (C=O) groups excluding carboxylic acids is 1. The summed E-state index contributed by atoms with van der Waals surface area (Å²) in [4.78, 5) is 12.8. The Morgan fingerprint density at radius 3 is 2.40 bits per heavy atom. The fourth-order valence-corrected chi connectivity index (χ4v) is 3.81. The summed E-state index contributed by atoms with van der Waals surface area (Å²) in [6, 6.07) is 6.45. The smallest absolute Gasteiger partial charge is 0.300 e. The minimum absolute atomic E-state index is 0.349. The second-order valence-corrected chi connectivity index (χ2v) is 9.33. The van der Waals surface area contributed by atoms with E-state index in [1.807, 2.05) is 6.92 Å². The van der Waals surface area contributed by atoms with E-state index < -0.39 is 31.7 Å². The number of hydrogen-bond donors (Lipinski definition) is 1. The summed E-state index contributed by atoms with van der Waals surface area (Å²) in [6.45, 7) is 1.87. The predicted molar refractivity (Wildman–Crippen MR) is 104 cm³/mol. The molecule has 25 heavy (non-hydrogen) atoms. The van der Waals surface area contributed by atoms with Gasteiger partial charge in [-0.25, -0.2) is 0 Å². The maximum absolute atomic E-state index is 12.8. The Morgan fingerprint density at radius 1 is 1.32 bits per heavy atom. The van der Waals surface area contributed by atoms with E-state index in [2.05, 4.69) is 0 Å². The average molecular weight is 381 g/mol. The van der Waals surface area contributed by atoms with Crippen LogP contribution in [0.25, 0.3) is 0 Å². The van der Waals surface area contributed by atoms with Crippen molar-refractivity contribution in [2.75, 3.05) is 0 Å². The van der Waals surface area contributed by atoms with Crippen molar-refractivity contribution in [2.24, 2.45) is 5.73 Å². The number of ether oxygens (including phenoxy) is 1. The minimum atomic E-state index is -4.07. The molecule has 0 radical (unpaired) electrons. The lowest BCUT2D eigenvalue weighted by molar-refractivity contribution is -0.126. The zero-order chi connectivity index (χ0) is 19.0. The van der Waals surface area contributed by atoms with Crippen molar-refractivity contribution < 1.29 is 22.1 Å². The molecule has 2 rings (SSSR count). The third kappa shape index (κ3) is 3.55. The Morgan fingerprint density at radius 2 is 1.88 bits per heavy atom. The van der Waals surface area contributed by atoms with E-state index in [1.54, 1.807) is 40.0 Å². The molecule has 6 nitrogen and oxygen atoms in total. The molecule has 0 saturated heterocycles. The van der Waals surface area contributed by atoms with Gasteiger partial charge in [0, 0.05) is 9.57 Å². The molecule has 1 aliphatic rings.